The van der Waals surface area contributed by atoms with Gasteiger partial charge in [0.2, 0.25) is 0 Å². The van der Waals surface area contributed by atoms with Crippen LogP contribution in [0.3, 0.4) is 0 Å². The molecule has 2 atom stereocenters. The number of quaternary nitrogens is 1. The molecule has 1 aliphatic rings. The van der Waals surface area contributed by atoms with Crippen molar-refractivity contribution in [3.05, 3.63) is 5.21 Å². The maximum absolute atomic E-state index is 11.6. The second-order valence-electron chi connectivity index (χ2n) is 5.98. The van der Waals surface area contributed by atoms with Gasteiger partial charge in [0.25, 0.3) is 0 Å². The van der Waals surface area contributed by atoms with Crippen molar-refractivity contribution < 1.29 is 9.80 Å². The lowest BCUT2D eigenvalue weighted by atomic mass is 10.0. The van der Waals surface area contributed by atoms with Crippen molar-refractivity contribution in [2.24, 2.45) is 0 Å². The van der Waals surface area contributed by atoms with Gasteiger partial charge < -0.3 is 15.0 Å². The fourth-order valence-corrected chi connectivity index (χ4v) is 2.86. The van der Waals surface area contributed by atoms with E-state index in [4.69, 9.17) is 4.74 Å². The summed E-state index contributed by atoms with van der Waals surface area (Å²) in [5.74, 6) is 0. The van der Waals surface area contributed by atoms with E-state index in [1.807, 2.05) is 0 Å². The molecule has 0 aromatic rings. The van der Waals surface area contributed by atoms with Crippen molar-refractivity contribution in [2.75, 3.05) is 13.3 Å². The van der Waals surface area contributed by atoms with Crippen molar-refractivity contribution in [3.8, 4) is 0 Å². The lowest BCUT2D eigenvalue weighted by molar-refractivity contribution is -0.905. The maximum Gasteiger partial charge on any atom is 0.181 e. The zero-order valence-electron chi connectivity index (χ0n) is 12.8. The van der Waals surface area contributed by atoms with Gasteiger partial charge in [-0.2, -0.15) is 0 Å². The van der Waals surface area contributed by atoms with Crippen LogP contribution in [0.1, 0.15) is 84.0 Å². The van der Waals surface area contributed by atoms with Crippen molar-refractivity contribution in [1.82, 2.24) is 0 Å². The highest BCUT2D eigenvalue weighted by molar-refractivity contribution is 4.59. The molecule has 0 amide bonds. The highest BCUT2D eigenvalue weighted by atomic mass is 16.6. The normalized spacial score (nSPS) is 23.7. The Labute approximate surface area is 119 Å². The van der Waals surface area contributed by atoms with Gasteiger partial charge in [0.1, 0.15) is 0 Å². The first-order chi connectivity index (χ1) is 9.34. The summed E-state index contributed by atoms with van der Waals surface area (Å²) in [5.41, 5.74) is 0. The Morgan fingerprint density at radius 1 is 0.947 bits per heavy atom. The maximum atomic E-state index is 11.6. The third-order valence-corrected chi connectivity index (χ3v) is 4.22. The molecule has 3 nitrogen and oxygen atoms in total. The summed E-state index contributed by atoms with van der Waals surface area (Å²) in [6.45, 7) is 3.42. The summed E-state index contributed by atoms with van der Waals surface area (Å²) in [4.78, 5) is 0. The highest BCUT2D eigenvalue weighted by Gasteiger charge is 2.19. The van der Waals surface area contributed by atoms with E-state index in [-0.39, 0.29) is 0 Å². The largest absolute Gasteiger partial charge is 0.632 e. The smallest absolute Gasteiger partial charge is 0.181 e. The minimum absolute atomic E-state index is 0.308. The molecule has 0 aromatic carbocycles. The van der Waals surface area contributed by atoms with E-state index in [1.165, 1.54) is 64.2 Å². The summed E-state index contributed by atoms with van der Waals surface area (Å²) < 4.78 is 5.16. The van der Waals surface area contributed by atoms with Gasteiger partial charge >= 0.3 is 0 Å². The Morgan fingerprint density at radius 2 is 1.53 bits per heavy atom. The molecule has 0 spiro atoms. The number of hydrogen-bond acceptors (Lipinski definition) is 2. The van der Waals surface area contributed by atoms with Gasteiger partial charge in [-0.15, -0.1) is 0 Å². The van der Waals surface area contributed by atoms with Crippen LogP contribution < -0.4 is 5.06 Å². The standard InChI is InChI=1S/C16H33NO2/c1-2-3-4-5-6-7-8-9-10-11-12-16-13-14-19-15-17(16)18/h16-17H,2-15H2,1H3. The van der Waals surface area contributed by atoms with Crippen LogP contribution in [-0.2, 0) is 4.74 Å². The molecule has 1 N–H and O–H groups in total. The zero-order chi connectivity index (χ0) is 13.8. The van der Waals surface area contributed by atoms with Gasteiger partial charge in [0.05, 0.1) is 12.6 Å². The molecule has 1 saturated heterocycles. The molecule has 114 valence electrons. The Morgan fingerprint density at radius 3 is 2.11 bits per heavy atom. The van der Waals surface area contributed by atoms with E-state index < -0.39 is 0 Å². The van der Waals surface area contributed by atoms with Gasteiger partial charge in [-0.1, -0.05) is 64.7 Å². The number of unbranched alkanes of at least 4 members (excludes halogenated alkanes) is 9. The molecule has 1 aliphatic heterocycles. The summed E-state index contributed by atoms with van der Waals surface area (Å²) in [6.07, 6.45) is 15.7. The lowest BCUT2D eigenvalue weighted by Crippen LogP contribution is -3.12. The van der Waals surface area contributed by atoms with Gasteiger partial charge in [-0.3, -0.25) is 0 Å². The Kier molecular flexibility index (Phi) is 10.4. The summed E-state index contributed by atoms with van der Waals surface area (Å²) in [6, 6.07) is 0.308. The molecular formula is C16H33NO2. The van der Waals surface area contributed by atoms with Crippen LogP contribution in [0.15, 0.2) is 0 Å². The number of rotatable bonds is 11. The number of hydroxylamine groups is 2. The Bertz CT molecular complexity index is 199. The molecule has 0 aromatic heterocycles. The van der Waals surface area contributed by atoms with Crippen LogP contribution in [0.4, 0.5) is 0 Å². The van der Waals surface area contributed by atoms with Crippen LogP contribution in [-0.4, -0.2) is 19.4 Å². The molecule has 0 saturated carbocycles. The monoisotopic (exact) mass is 271 g/mol. The molecule has 0 bridgehead atoms. The van der Waals surface area contributed by atoms with Crippen molar-refractivity contribution in [2.45, 2.75) is 90.0 Å². The van der Waals surface area contributed by atoms with Crippen molar-refractivity contribution in [1.29, 1.82) is 0 Å². The first-order valence-electron chi connectivity index (χ1n) is 8.45. The highest BCUT2D eigenvalue weighted by Crippen LogP contribution is 2.12. The third-order valence-electron chi connectivity index (χ3n) is 4.22. The van der Waals surface area contributed by atoms with Crippen molar-refractivity contribution >= 4 is 0 Å². The van der Waals surface area contributed by atoms with E-state index in [0.29, 0.717) is 17.8 Å². The summed E-state index contributed by atoms with van der Waals surface area (Å²) in [7, 11) is 0. The number of nitrogens with one attached hydrogen (secondary N) is 1. The average Bonchev–Trinajstić information content (AvgIpc) is 2.43. The van der Waals surface area contributed by atoms with E-state index in [9.17, 15) is 5.21 Å². The topological polar surface area (TPSA) is 36.7 Å². The molecule has 1 rings (SSSR count). The zero-order valence-corrected chi connectivity index (χ0v) is 12.8. The molecule has 19 heavy (non-hydrogen) atoms. The van der Waals surface area contributed by atoms with Gasteiger partial charge in [-0.05, 0) is 12.8 Å². The SMILES string of the molecule is CCCCCCCCCCCCC1CCOC[NH+]1[O-]. The van der Waals surface area contributed by atoms with Crippen LogP contribution in [0, 0.1) is 5.21 Å². The molecule has 0 radical (unpaired) electrons. The molecular weight excluding hydrogens is 238 g/mol. The van der Waals surface area contributed by atoms with Crippen LogP contribution >= 0.6 is 0 Å². The first kappa shape index (κ1) is 16.9. The van der Waals surface area contributed by atoms with E-state index >= 15 is 0 Å². The van der Waals surface area contributed by atoms with Crippen LogP contribution in [0.25, 0.3) is 0 Å². The fourth-order valence-electron chi connectivity index (χ4n) is 2.86. The molecule has 1 heterocycles. The molecule has 3 heteroatoms. The molecule has 0 aliphatic carbocycles. The second-order valence-corrected chi connectivity index (χ2v) is 5.98. The summed E-state index contributed by atoms with van der Waals surface area (Å²) >= 11 is 0. The summed E-state index contributed by atoms with van der Waals surface area (Å²) in [5, 5.41) is 11.9. The third kappa shape index (κ3) is 8.61. The quantitative estimate of drug-likeness (QED) is 0.462. The Hall–Kier alpha value is -0.120. The minimum Gasteiger partial charge on any atom is -0.632 e. The molecule has 2 unspecified atom stereocenters. The second kappa shape index (κ2) is 11.7. The fraction of sp³-hybridized carbons (Fsp3) is 1.00. The predicted molar refractivity (Wildman–Crippen MR) is 80.0 cm³/mol. The average molecular weight is 271 g/mol. The van der Waals surface area contributed by atoms with Gasteiger partial charge in [0.15, 0.2) is 6.73 Å². The first-order valence-corrected chi connectivity index (χ1v) is 8.45. The van der Waals surface area contributed by atoms with Crippen LogP contribution in [0.5, 0.6) is 0 Å². The molecule has 1 fully saturated rings. The van der Waals surface area contributed by atoms with E-state index in [1.54, 1.807) is 0 Å². The van der Waals surface area contributed by atoms with Gasteiger partial charge in [0, 0.05) is 6.42 Å². The van der Waals surface area contributed by atoms with E-state index in [2.05, 4.69) is 6.92 Å². The number of hydrogen-bond donors (Lipinski definition) is 1. The number of ether oxygens (including phenoxy) is 1. The van der Waals surface area contributed by atoms with Crippen LogP contribution in [0.2, 0.25) is 0 Å². The van der Waals surface area contributed by atoms with E-state index in [0.717, 1.165) is 19.4 Å². The van der Waals surface area contributed by atoms with Gasteiger partial charge in [-0.25, -0.2) is 0 Å². The Balaban J connectivity index is 1.80. The minimum atomic E-state index is 0.308. The van der Waals surface area contributed by atoms with Crippen molar-refractivity contribution in [3.63, 3.8) is 0 Å². The lowest BCUT2D eigenvalue weighted by Gasteiger charge is -2.34. The predicted octanol–water partition coefficient (Wildman–Crippen LogP) is 3.43.